The van der Waals surface area contributed by atoms with E-state index >= 15 is 0 Å². The number of thiazole rings is 1. The third kappa shape index (κ3) is 4.98. The summed E-state index contributed by atoms with van der Waals surface area (Å²) in [4.78, 5) is 30.3. The highest BCUT2D eigenvalue weighted by Crippen LogP contribution is 2.31. The number of hydrogen-bond donors (Lipinski definition) is 1. The van der Waals surface area contributed by atoms with Gasteiger partial charge in [-0.3, -0.25) is 9.59 Å². The number of carbonyl (C=O) groups excluding carboxylic acids is 1. The van der Waals surface area contributed by atoms with Crippen molar-refractivity contribution in [3.63, 3.8) is 0 Å². The molecule has 0 saturated heterocycles. The SMILES string of the molecule is Cc1ccc2nc(-c3ccc(NC(=O)CCCn4nc(-c5cccs5)ccc4=O)cc3)sc2c1. The summed E-state index contributed by atoms with van der Waals surface area (Å²) in [7, 11) is 0. The van der Waals surface area contributed by atoms with E-state index < -0.39 is 0 Å². The number of hydrogen-bond acceptors (Lipinski definition) is 6. The van der Waals surface area contributed by atoms with E-state index in [2.05, 4.69) is 29.5 Å². The predicted octanol–water partition coefficient (Wildman–Crippen LogP) is 5.98. The van der Waals surface area contributed by atoms with Gasteiger partial charge in [-0.1, -0.05) is 12.1 Å². The van der Waals surface area contributed by atoms with Crippen molar-refractivity contribution in [2.45, 2.75) is 26.3 Å². The lowest BCUT2D eigenvalue weighted by molar-refractivity contribution is -0.116. The van der Waals surface area contributed by atoms with Crippen molar-refractivity contribution in [3.05, 3.63) is 88.0 Å². The molecular weight excluding hydrogens is 464 g/mol. The third-order valence-corrected chi connectivity index (χ3v) is 7.33. The number of fused-ring (bicyclic) bond motifs is 1. The topological polar surface area (TPSA) is 76.9 Å². The monoisotopic (exact) mass is 486 g/mol. The van der Waals surface area contributed by atoms with Crippen LogP contribution in [0, 0.1) is 6.92 Å². The molecule has 170 valence electrons. The highest BCUT2D eigenvalue weighted by atomic mass is 32.1. The smallest absolute Gasteiger partial charge is 0.266 e. The number of rotatable bonds is 7. The van der Waals surface area contributed by atoms with Crippen LogP contribution in [0.15, 0.2) is 76.9 Å². The third-order valence-electron chi connectivity index (χ3n) is 5.37. The van der Waals surface area contributed by atoms with Crippen molar-refractivity contribution < 1.29 is 4.79 Å². The van der Waals surface area contributed by atoms with Crippen LogP contribution in [0.1, 0.15) is 18.4 Å². The first-order chi connectivity index (χ1) is 16.5. The summed E-state index contributed by atoms with van der Waals surface area (Å²) in [5.41, 5.74) is 4.58. The van der Waals surface area contributed by atoms with E-state index in [0.29, 0.717) is 19.4 Å². The molecule has 5 rings (SSSR count). The molecule has 0 bridgehead atoms. The molecule has 0 spiro atoms. The summed E-state index contributed by atoms with van der Waals surface area (Å²) < 4.78 is 2.60. The number of nitrogens with zero attached hydrogens (tertiary/aromatic N) is 3. The molecule has 5 aromatic rings. The average Bonchev–Trinajstić information content (AvgIpc) is 3.51. The Morgan fingerprint density at radius 2 is 1.91 bits per heavy atom. The molecule has 0 aliphatic heterocycles. The fourth-order valence-corrected chi connectivity index (χ4v) is 5.39. The summed E-state index contributed by atoms with van der Waals surface area (Å²) in [5, 5.41) is 10.3. The van der Waals surface area contributed by atoms with Crippen LogP contribution in [-0.2, 0) is 11.3 Å². The van der Waals surface area contributed by atoms with Gasteiger partial charge in [0.15, 0.2) is 0 Å². The maximum atomic E-state index is 12.4. The first kappa shape index (κ1) is 22.2. The van der Waals surface area contributed by atoms with Crippen LogP contribution in [-0.4, -0.2) is 20.7 Å². The number of amides is 1. The van der Waals surface area contributed by atoms with Crippen molar-refractivity contribution in [1.82, 2.24) is 14.8 Å². The Kier molecular flexibility index (Phi) is 6.33. The van der Waals surface area contributed by atoms with Gasteiger partial charge in [-0.2, -0.15) is 5.10 Å². The van der Waals surface area contributed by atoms with E-state index in [1.54, 1.807) is 28.7 Å². The molecule has 1 N–H and O–H groups in total. The first-order valence-corrected chi connectivity index (χ1v) is 12.6. The summed E-state index contributed by atoms with van der Waals surface area (Å²) in [6, 6.07) is 21.2. The highest BCUT2D eigenvalue weighted by molar-refractivity contribution is 7.21. The molecule has 0 fully saturated rings. The zero-order valence-corrected chi connectivity index (χ0v) is 20.2. The van der Waals surface area contributed by atoms with Crippen molar-refractivity contribution in [1.29, 1.82) is 0 Å². The number of thiophene rings is 1. The first-order valence-electron chi connectivity index (χ1n) is 10.9. The Labute approximate surface area is 204 Å². The van der Waals surface area contributed by atoms with E-state index in [1.165, 1.54) is 21.0 Å². The van der Waals surface area contributed by atoms with Crippen LogP contribution in [0.2, 0.25) is 0 Å². The van der Waals surface area contributed by atoms with Crippen LogP contribution in [0.4, 0.5) is 5.69 Å². The average molecular weight is 487 g/mol. The van der Waals surface area contributed by atoms with Gasteiger partial charge >= 0.3 is 0 Å². The zero-order valence-electron chi connectivity index (χ0n) is 18.5. The Bertz CT molecular complexity index is 1500. The lowest BCUT2D eigenvalue weighted by Gasteiger charge is -2.08. The Hall–Kier alpha value is -3.62. The molecule has 0 atom stereocenters. The van der Waals surface area contributed by atoms with Gasteiger partial charge in [0.2, 0.25) is 5.91 Å². The number of aromatic nitrogens is 3. The maximum Gasteiger partial charge on any atom is 0.266 e. The van der Waals surface area contributed by atoms with Gasteiger partial charge in [0.25, 0.3) is 5.56 Å². The van der Waals surface area contributed by atoms with E-state index in [4.69, 9.17) is 4.98 Å². The zero-order chi connectivity index (χ0) is 23.5. The summed E-state index contributed by atoms with van der Waals surface area (Å²) in [5.74, 6) is -0.0920. The van der Waals surface area contributed by atoms with Crippen LogP contribution >= 0.6 is 22.7 Å². The molecule has 2 aromatic carbocycles. The lowest BCUT2D eigenvalue weighted by Crippen LogP contribution is -2.23. The highest BCUT2D eigenvalue weighted by Gasteiger charge is 2.09. The quantitative estimate of drug-likeness (QED) is 0.307. The van der Waals surface area contributed by atoms with Gasteiger partial charge in [-0.05, 0) is 72.8 Å². The van der Waals surface area contributed by atoms with Crippen molar-refractivity contribution in [3.8, 4) is 21.1 Å². The molecule has 0 aliphatic carbocycles. The summed E-state index contributed by atoms with van der Waals surface area (Å²) in [6.45, 7) is 2.47. The van der Waals surface area contributed by atoms with E-state index in [1.807, 2.05) is 47.8 Å². The minimum Gasteiger partial charge on any atom is -0.326 e. The maximum absolute atomic E-state index is 12.4. The second-order valence-corrected chi connectivity index (χ2v) is 9.95. The van der Waals surface area contributed by atoms with Gasteiger partial charge in [-0.15, -0.1) is 22.7 Å². The number of benzene rings is 2. The number of anilines is 1. The van der Waals surface area contributed by atoms with Gasteiger partial charge in [-0.25, -0.2) is 9.67 Å². The van der Waals surface area contributed by atoms with Crippen LogP contribution in [0.3, 0.4) is 0 Å². The van der Waals surface area contributed by atoms with Crippen LogP contribution < -0.4 is 10.9 Å². The number of aryl methyl sites for hydroxylation is 2. The van der Waals surface area contributed by atoms with Crippen molar-refractivity contribution in [2.24, 2.45) is 0 Å². The van der Waals surface area contributed by atoms with Gasteiger partial charge in [0, 0.05) is 30.3 Å². The molecule has 6 nitrogen and oxygen atoms in total. The summed E-state index contributed by atoms with van der Waals surface area (Å²) >= 11 is 3.24. The molecule has 8 heteroatoms. The molecule has 0 unspecified atom stereocenters. The fourth-order valence-electron chi connectivity index (χ4n) is 3.63. The van der Waals surface area contributed by atoms with Crippen molar-refractivity contribution in [2.75, 3.05) is 5.32 Å². The predicted molar refractivity (Wildman–Crippen MR) is 139 cm³/mol. The Balaban J connectivity index is 1.17. The van der Waals surface area contributed by atoms with E-state index in [9.17, 15) is 9.59 Å². The standard InChI is InChI=1S/C26H22N4O2S2/c1-17-6-11-20-23(16-17)34-26(28-20)18-7-9-19(10-8-18)27-24(31)5-2-14-30-25(32)13-12-21(29-30)22-4-3-15-33-22/h3-4,6-13,15-16H,2,5,14H2,1H3,(H,27,31). The molecule has 3 heterocycles. The van der Waals surface area contributed by atoms with Crippen molar-refractivity contribution >= 4 is 44.5 Å². The van der Waals surface area contributed by atoms with Gasteiger partial charge in [0.05, 0.1) is 15.1 Å². The number of carbonyl (C=O) groups is 1. The molecule has 0 saturated carbocycles. The minimum atomic E-state index is -0.165. The molecule has 3 aromatic heterocycles. The second-order valence-electron chi connectivity index (χ2n) is 7.98. The summed E-state index contributed by atoms with van der Waals surface area (Å²) in [6.07, 6.45) is 0.826. The van der Waals surface area contributed by atoms with E-state index in [0.717, 1.165) is 32.3 Å². The number of nitrogens with one attached hydrogen (secondary N) is 1. The van der Waals surface area contributed by atoms with Crippen LogP contribution in [0.25, 0.3) is 31.4 Å². The normalized spacial score (nSPS) is 11.1. The molecular formula is C26H22N4O2S2. The van der Waals surface area contributed by atoms with Crippen LogP contribution in [0.5, 0.6) is 0 Å². The molecule has 1 amide bonds. The minimum absolute atomic E-state index is 0.0920. The van der Waals surface area contributed by atoms with Gasteiger partial charge < -0.3 is 5.32 Å². The largest absolute Gasteiger partial charge is 0.326 e. The fraction of sp³-hybridized carbons (Fsp3) is 0.154. The Morgan fingerprint density at radius 1 is 1.06 bits per heavy atom. The van der Waals surface area contributed by atoms with Gasteiger partial charge in [0.1, 0.15) is 10.7 Å². The molecule has 0 radical (unpaired) electrons. The second kappa shape index (κ2) is 9.70. The lowest BCUT2D eigenvalue weighted by atomic mass is 10.2. The molecule has 34 heavy (non-hydrogen) atoms. The Morgan fingerprint density at radius 3 is 2.71 bits per heavy atom. The molecule has 0 aliphatic rings. The van der Waals surface area contributed by atoms with E-state index in [-0.39, 0.29) is 11.5 Å².